The van der Waals surface area contributed by atoms with Crippen molar-refractivity contribution in [2.45, 2.75) is 23.5 Å². The highest BCUT2D eigenvalue weighted by molar-refractivity contribution is 8.00. The van der Waals surface area contributed by atoms with Crippen molar-refractivity contribution in [2.75, 3.05) is 22.6 Å². The molecule has 0 radical (unpaired) electrons. The van der Waals surface area contributed by atoms with Crippen molar-refractivity contribution < 1.29 is 28.7 Å². The van der Waals surface area contributed by atoms with Crippen molar-refractivity contribution in [3.05, 3.63) is 120 Å². The Kier molecular flexibility index (Phi) is 9.94. The van der Waals surface area contributed by atoms with Crippen molar-refractivity contribution in [3.63, 3.8) is 0 Å². The van der Waals surface area contributed by atoms with Gasteiger partial charge in [-0.3, -0.25) is 24.0 Å². The first-order chi connectivity index (χ1) is 22.2. The van der Waals surface area contributed by atoms with Crippen molar-refractivity contribution in [3.8, 4) is 5.75 Å². The summed E-state index contributed by atoms with van der Waals surface area (Å²) in [5, 5.41) is 7.56. The van der Waals surface area contributed by atoms with E-state index in [0.717, 1.165) is 9.80 Å². The van der Waals surface area contributed by atoms with E-state index >= 15 is 0 Å². The van der Waals surface area contributed by atoms with Gasteiger partial charge in [-0.2, -0.15) is 0 Å². The molecule has 4 aromatic rings. The van der Waals surface area contributed by atoms with Gasteiger partial charge in [-0.05, 0) is 84.4 Å². The molecule has 0 bridgehead atoms. The molecule has 11 heteroatoms. The first kappa shape index (κ1) is 31.7. The number of carbonyl (C=O) groups excluding carboxylic acids is 5. The number of hydrogen-bond donors (Lipinski definition) is 3. The van der Waals surface area contributed by atoms with Gasteiger partial charge in [-0.1, -0.05) is 30.3 Å². The van der Waals surface area contributed by atoms with Crippen LogP contribution in [0.3, 0.4) is 0 Å². The molecule has 5 rings (SSSR count). The first-order valence-corrected chi connectivity index (χ1v) is 15.1. The fraction of sp³-hybridized carbons (Fsp3) is 0.114. The van der Waals surface area contributed by atoms with E-state index in [1.165, 1.54) is 18.7 Å². The second-order valence-electron chi connectivity index (χ2n) is 10.2. The maximum atomic E-state index is 13.4. The van der Waals surface area contributed by atoms with Crippen LogP contribution >= 0.6 is 11.8 Å². The van der Waals surface area contributed by atoms with Crippen LogP contribution < -0.4 is 25.6 Å². The Hall–Kier alpha value is -5.68. The van der Waals surface area contributed by atoms with Crippen molar-refractivity contribution >= 4 is 64.4 Å². The predicted molar refractivity (Wildman–Crippen MR) is 177 cm³/mol. The fourth-order valence-electron chi connectivity index (χ4n) is 4.65. The molecule has 10 nitrogen and oxygen atoms in total. The average Bonchev–Trinajstić information content (AvgIpc) is 3.34. The highest BCUT2D eigenvalue weighted by Gasteiger charge is 2.40. The predicted octanol–water partition coefficient (Wildman–Crippen LogP) is 5.49. The number of benzene rings is 4. The fourth-order valence-corrected chi connectivity index (χ4v) is 5.71. The summed E-state index contributed by atoms with van der Waals surface area (Å²) >= 11 is 1.26. The third-order valence-corrected chi connectivity index (χ3v) is 8.09. The molecule has 0 saturated carbocycles. The van der Waals surface area contributed by atoms with Gasteiger partial charge in [0, 0.05) is 35.2 Å². The summed E-state index contributed by atoms with van der Waals surface area (Å²) in [5.74, 6) is -1.17. The molecule has 3 N–H and O–H groups in total. The summed E-state index contributed by atoms with van der Waals surface area (Å²) in [7, 11) is 1.56. The summed E-state index contributed by atoms with van der Waals surface area (Å²) < 4.78 is 5.20. The van der Waals surface area contributed by atoms with Crippen LogP contribution in [-0.2, 0) is 19.2 Å². The molecule has 5 amide bonds. The second kappa shape index (κ2) is 14.4. The Morgan fingerprint density at radius 1 is 0.826 bits per heavy atom. The lowest BCUT2D eigenvalue weighted by Gasteiger charge is -2.15. The van der Waals surface area contributed by atoms with E-state index in [1.807, 2.05) is 0 Å². The minimum absolute atomic E-state index is 0.0378. The smallest absolute Gasteiger partial charge is 0.272 e. The largest absolute Gasteiger partial charge is 0.497 e. The Morgan fingerprint density at radius 3 is 2.09 bits per heavy atom. The van der Waals surface area contributed by atoms with Gasteiger partial charge in [0.25, 0.3) is 11.8 Å². The maximum Gasteiger partial charge on any atom is 0.272 e. The number of ether oxygens (including phenoxy) is 1. The summed E-state index contributed by atoms with van der Waals surface area (Å²) in [4.78, 5) is 65.3. The van der Waals surface area contributed by atoms with Gasteiger partial charge in [0.05, 0.1) is 18.0 Å². The maximum absolute atomic E-state index is 13.4. The first-order valence-electron chi connectivity index (χ1n) is 14.2. The Labute approximate surface area is 269 Å². The second-order valence-corrected chi connectivity index (χ2v) is 11.5. The monoisotopic (exact) mass is 634 g/mol. The van der Waals surface area contributed by atoms with E-state index in [-0.39, 0.29) is 29.8 Å². The number of nitrogens with zero attached hydrogens (tertiary/aromatic N) is 1. The standard InChI is InChI=1S/C35H30N4O6S/c1-22(40)36-25-10-14-27(15-11-25)39-32(41)21-31(35(39)44)46-29-18-12-26(13-19-29)37-34(43)30(20-23-8-16-28(45-2)17-9-23)38-33(42)24-6-4-3-5-7-24/h3-20,31H,21H2,1-2H3,(H,36,40)(H,37,43)(H,38,42)/b30-20-. The number of thioether (sulfide) groups is 1. The number of hydrogen-bond acceptors (Lipinski definition) is 7. The molecule has 1 aliphatic rings. The number of carbonyl (C=O) groups is 5. The molecule has 4 aromatic carbocycles. The number of imide groups is 1. The summed E-state index contributed by atoms with van der Waals surface area (Å²) in [6.07, 6.45) is 1.61. The van der Waals surface area contributed by atoms with Gasteiger partial charge in [0.1, 0.15) is 11.4 Å². The average molecular weight is 635 g/mol. The van der Waals surface area contributed by atoms with Gasteiger partial charge < -0.3 is 20.7 Å². The van der Waals surface area contributed by atoms with E-state index in [1.54, 1.807) is 116 Å². The van der Waals surface area contributed by atoms with Crippen molar-refractivity contribution in [1.82, 2.24) is 5.32 Å². The third-order valence-electron chi connectivity index (χ3n) is 6.90. The molecule has 1 saturated heterocycles. The number of nitrogens with one attached hydrogen (secondary N) is 3. The third kappa shape index (κ3) is 7.88. The zero-order chi connectivity index (χ0) is 32.6. The molecular formula is C35H30N4O6S. The molecule has 1 unspecified atom stereocenters. The molecule has 46 heavy (non-hydrogen) atoms. The van der Waals surface area contributed by atoms with E-state index in [2.05, 4.69) is 16.0 Å². The Balaban J connectivity index is 1.26. The lowest BCUT2D eigenvalue weighted by molar-refractivity contribution is -0.121. The van der Waals surface area contributed by atoms with Crippen LogP contribution in [0.25, 0.3) is 6.08 Å². The van der Waals surface area contributed by atoms with Crippen LogP contribution in [0.4, 0.5) is 17.1 Å². The highest BCUT2D eigenvalue weighted by atomic mass is 32.2. The van der Waals surface area contributed by atoms with Gasteiger partial charge in [0.2, 0.25) is 17.7 Å². The molecule has 1 fully saturated rings. The van der Waals surface area contributed by atoms with Crippen LogP contribution in [0.5, 0.6) is 5.75 Å². The molecule has 0 spiro atoms. The molecule has 1 aliphatic heterocycles. The van der Waals surface area contributed by atoms with Gasteiger partial charge in [-0.25, -0.2) is 4.90 Å². The highest BCUT2D eigenvalue weighted by Crippen LogP contribution is 2.34. The Bertz CT molecular complexity index is 1790. The molecule has 0 aliphatic carbocycles. The van der Waals surface area contributed by atoms with Crippen LogP contribution in [0.1, 0.15) is 29.3 Å². The lowest BCUT2D eigenvalue weighted by Crippen LogP contribution is -2.31. The number of amides is 5. The molecule has 232 valence electrons. The minimum atomic E-state index is -0.616. The summed E-state index contributed by atoms with van der Waals surface area (Å²) in [6.45, 7) is 1.40. The Morgan fingerprint density at radius 2 is 1.46 bits per heavy atom. The summed E-state index contributed by atoms with van der Waals surface area (Å²) in [5.41, 5.74) is 2.59. The van der Waals surface area contributed by atoms with Gasteiger partial charge >= 0.3 is 0 Å². The van der Waals surface area contributed by atoms with Crippen LogP contribution in [0.15, 0.2) is 114 Å². The molecular weight excluding hydrogens is 604 g/mol. The molecule has 0 aromatic heterocycles. The molecule has 1 heterocycles. The van der Waals surface area contributed by atoms with E-state index in [4.69, 9.17) is 4.74 Å². The van der Waals surface area contributed by atoms with E-state index in [9.17, 15) is 24.0 Å². The van der Waals surface area contributed by atoms with Crippen LogP contribution in [0, 0.1) is 0 Å². The van der Waals surface area contributed by atoms with E-state index in [0.29, 0.717) is 33.9 Å². The lowest BCUT2D eigenvalue weighted by atomic mass is 10.1. The quantitative estimate of drug-likeness (QED) is 0.155. The zero-order valence-electron chi connectivity index (χ0n) is 25.0. The SMILES string of the molecule is COc1ccc(/C=C(\NC(=O)c2ccccc2)C(=O)Nc2ccc(SC3CC(=O)N(c4ccc(NC(C)=O)cc4)C3=O)cc2)cc1. The minimum Gasteiger partial charge on any atom is -0.497 e. The van der Waals surface area contributed by atoms with Crippen molar-refractivity contribution in [1.29, 1.82) is 0 Å². The van der Waals surface area contributed by atoms with Crippen LogP contribution in [-0.4, -0.2) is 41.9 Å². The van der Waals surface area contributed by atoms with Gasteiger partial charge in [-0.15, -0.1) is 11.8 Å². The zero-order valence-corrected chi connectivity index (χ0v) is 25.8. The van der Waals surface area contributed by atoms with Gasteiger partial charge in [0.15, 0.2) is 0 Å². The number of rotatable bonds is 10. The normalized spacial score (nSPS) is 14.5. The van der Waals surface area contributed by atoms with Crippen LogP contribution in [0.2, 0.25) is 0 Å². The summed E-state index contributed by atoms with van der Waals surface area (Å²) in [6, 6.07) is 29.0. The number of anilines is 3. The topological polar surface area (TPSA) is 134 Å². The van der Waals surface area contributed by atoms with Crippen molar-refractivity contribution in [2.24, 2.45) is 0 Å². The number of methoxy groups -OCH3 is 1. The van der Waals surface area contributed by atoms with E-state index < -0.39 is 17.1 Å². The molecule has 1 atom stereocenters.